The van der Waals surface area contributed by atoms with Gasteiger partial charge in [0.25, 0.3) is 0 Å². The normalized spacial score (nSPS) is 10.1. The minimum Gasteiger partial charge on any atom is -0.492 e. The first-order valence-electron chi connectivity index (χ1n) is 6.07. The number of carbonyl (C=O) groups is 1. The van der Waals surface area contributed by atoms with Crippen molar-refractivity contribution < 1.29 is 9.53 Å². The Bertz CT molecular complexity index is 548. The second kappa shape index (κ2) is 7.72. The number of benzene rings is 1. The van der Waals surface area contributed by atoms with Crippen LogP contribution in [0.3, 0.4) is 0 Å². The molecule has 0 atom stereocenters. The summed E-state index contributed by atoms with van der Waals surface area (Å²) >= 11 is 7.33. The Morgan fingerprint density at radius 1 is 1.40 bits per heavy atom. The maximum atomic E-state index is 11.5. The highest BCUT2D eigenvalue weighted by molar-refractivity contribution is 7.13. The minimum atomic E-state index is -0.266. The van der Waals surface area contributed by atoms with Crippen molar-refractivity contribution in [1.82, 2.24) is 10.3 Å². The zero-order valence-electron chi connectivity index (χ0n) is 10.6. The average Bonchev–Trinajstić information content (AvgIpc) is 2.93. The van der Waals surface area contributed by atoms with Crippen molar-refractivity contribution in [3.8, 4) is 5.75 Å². The molecule has 20 heavy (non-hydrogen) atoms. The van der Waals surface area contributed by atoms with Gasteiger partial charge in [-0.1, -0.05) is 23.7 Å². The summed E-state index contributed by atoms with van der Waals surface area (Å²) in [7, 11) is 0. The lowest BCUT2D eigenvalue weighted by atomic mass is 10.3. The Hall–Kier alpha value is -1.79. The zero-order chi connectivity index (χ0) is 14.2. The van der Waals surface area contributed by atoms with Crippen LogP contribution in [0.2, 0.25) is 5.02 Å². The van der Waals surface area contributed by atoms with E-state index in [4.69, 9.17) is 16.3 Å². The van der Waals surface area contributed by atoms with E-state index in [1.54, 1.807) is 17.6 Å². The van der Waals surface area contributed by atoms with E-state index in [0.29, 0.717) is 35.5 Å². The molecule has 0 saturated carbocycles. The van der Waals surface area contributed by atoms with Gasteiger partial charge in [-0.05, 0) is 18.6 Å². The molecule has 2 rings (SSSR count). The molecule has 0 bridgehead atoms. The molecule has 1 heterocycles. The molecule has 0 radical (unpaired) electrons. The standard InChI is InChI=1S/C13H14ClN3O2S/c14-10-4-1-2-5-11(10)19-8-3-6-15-12(18)17-13-16-7-9-20-13/h1-2,4-5,7,9H,3,6,8H2,(H2,15,16,17,18). The molecular weight excluding hydrogens is 298 g/mol. The average molecular weight is 312 g/mol. The van der Waals surface area contributed by atoms with Gasteiger partial charge in [-0.2, -0.15) is 0 Å². The van der Waals surface area contributed by atoms with E-state index in [1.165, 1.54) is 11.3 Å². The van der Waals surface area contributed by atoms with E-state index < -0.39 is 0 Å². The number of ether oxygens (including phenoxy) is 1. The number of para-hydroxylation sites is 1. The molecule has 2 N–H and O–H groups in total. The molecule has 2 aromatic rings. The van der Waals surface area contributed by atoms with Crippen molar-refractivity contribution in [3.05, 3.63) is 40.9 Å². The molecule has 0 aliphatic carbocycles. The first kappa shape index (κ1) is 14.6. The fraction of sp³-hybridized carbons (Fsp3) is 0.231. The molecule has 0 fully saturated rings. The van der Waals surface area contributed by atoms with E-state index in [9.17, 15) is 4.79 Å². The van der Waals surface area contributed by atoms with Crippen LogP contribution in [0.25, 0.3) is 0 Å². The Morgan fingerprint density at radius 2 is 2.25 bits per heavy atom. The minimum absolute atomic E-state index is 0.266. The van der Waals surface area contributed by atoms with E-state index in [-0.39, 0.29) is 6.03 Å². The van der Waals surface area contributed by atoms with Crippen molar-refractivity contribution in [1.29, 1.82) is 0 Å². The number of anilines is 1. The Kier molecular flexibility index (Phi) is 5.64. The van der Waals surface area contributed by atoms with Crippen molar-refractivity contribution in [2.75, 3.05) is 18.5 Å². The summed E-state index contributed by atoms with van der Waals surface area (Å²) in [6.45, 7) is 1.00. The van der Waals surface area contributed by atoms with Crippen LogP contribution in [0.4, 0.5) is 9.93 Å². The topological polar surface area (TPSA) is 63.2 Å². The van der Waals surface area contributed by atoms with E-state index in [0.717, 1.165) is 0 Å². The predicted octanol–water partition coefficient (Wildman–Crippen LogP) is 3.39. The molecule has 2 amide bonds. The van der Waals surface area contributed by atoms with Gasteiger partial charge >= 0.3 is 6.03 Å². The highest BCUT2D eigenvalue weighted by Gasteiger charge is 2.03. The number of hydrogen-bond donors (Lipinski definition) is 2. The number of aromatic nitrogens is 1. The molecule has 1 aromatic heterocycles. The van der Waals surface area contributed by atoms with Gasteiger partial charge in [0.05, 0.1) is 11.6 Å². The number of carbonyl (C=O) groups excluding carboxylic acids is 1. The molecule has 0 unspecified atom stereocenters. The lowest BCUT2D eigenvalue weighted by molar-refractivity contribution is 0.250. The molecule has 106 valence electrons. The lowest BCUT2D eigenvalue weighted by Crippen LogP contribution is -2.30. The fourth-order valence-corrected chi connectivity index (χ4v) is 2.16. The number of hydrogen-bond acceptors (Lipinski definition) is 4. The third-order valence-corrected chi connectivity index (χ3v) is 3.35. The number of thiazole rings is 1. The quantitative estimate of drug-likeness (QED) is 0.804. The summed E-state index contributed by atoms with van der Waals surface area (Å²) in [5, 5.41) is 8.32. The van der Waals surface area contributed by atoms with Crippen LogP contribution in [0, 0.1) is 0 Å². The summed E-state index contributed by atoms with van der Waals surface area (Å²) in [6, 6.07) is 7.03. The van der Waals surface area contributed by atoms with Gasteiger partial charge in [0, 0.05) is 18.1 Å². The number of nitrogens with one attached hydrogen (secondary N) is 2. The molecule has 5 nitrogen and oxygen atoms in total. The van der Waals surface area contributed by atoms with Gasteiger partial charge in [-0.3, -0.25) is 5.32 Å². The van der Waals surface area contributed by atoms with Crippen LogP contribution in [0.15, 0.2) is 35.8 Å². The van der Waals surface area contributed by atoms with Gasteiger partial charge in [0.15, 0.2) is 5.13 Å². The number of rotatable bonds is 6. The summed E-state index contributed by atoms with van der Waals surface area (Å²) < 4.78 is 5.51. The van der Waals surface area contributed by atoms with Crippen molar-refractivity contribution in [2.45, 2.75) is 6.42 Å². The lowest BCUT2D eigenvalue weighted by Gasteiger charge is -2.08. The highest BCUT2D eigenvalue weighted by atomic mass is 35.5. The SMILES string of the molecule is O=C(NCCCOc1ccccc1Cl)Nc1nccs1. The summed E-state index contributed by atoms with van der Waals surface area (Å²) in [4.78, 5) is 15.4. The second-order valence-corrected chi connectivity index (χ2v) is 5.15. The Morgan fingerprint density at radius 3 is 3.00 bits per heavy atom. The van der Waals surface area contributed by atoms with Crippen LogP contribution in [0.1, 0.15) is 6.42 Å². The van der Waals surface area contributed by atoms with Gasteiger partial charge in [0.1, 0.15) is 5.75 Å². The van der Waals surface area contributed by atoms with E-state index in [2.05, 4.69) is 15.6 Å². The van der Waals surface area contributed by atoms with Crippen molar-refractivity contribution >= 4 is 34.1 Å². The smallest absolute Gasteiger partial charge is 0.321 e. The molecular formula is C13H14ClN3O2S. The van der Waals surface area contributed by atoms with E-state index in [1.807, 2.05) is 18.2 Å². The van der Waals surface area contributed by atoms with Crippen LogP contribution in [0.5, 0.6) is 5.75 Å². The molecule has 0 aliphatic rings. The van der Waals surface area contributed by atoms with Crippen molar-refractivity contribution in [2.24, 2.45) is 0 Å². The molecule has 7 heteroatoms. The largest absolute Gasteiger partial charge is 0.492 e. The Labute approximate surface area is 125 Å². The maximum absolute atomic E-state index is 11.5. The van der Waals surface area contributed by atoms with Crippen LogP contribution < -0.4 is 15.4 Å². The molecule has 0 spiro atoms. The van der Waals surface area contributed by atoms with Crippen LogP contribution in [-0.2, 0) is 0 Å². The monoisotopic (exact) mass is 311 g/mol. The first-order chi connectivity index (χ1) is 9.75. The van der Waals surface area contributed by atoms with Crippen LogP contribution >= 0.6 is 22.9 Å². The number of halogens is 1. The number of nitrogens with zero attached hydrogens (tertiary/aromatic N) is 1. The fourth-order valence-electron chi connectivity index (χ4n) is 1.44. The predicted molar refractivity (Wildman–Crippen MR) is 80.7 cm³/mol. The maximum Gasteiger partial charge on any atom is 0.321 e. The number of amides is 2. The van der Waals surface area contributed by atoms with Gasteiger partial charge in [-0.15, -0.1) is 11.3 Å². The Balaban J connectivity index is 1.60. The van der Waals surface area contributed by atoms with E-state index >= 15 is 0 Å². The molecule has 0 saturated heterocycles. The first-order valence-corrected chi connectivity index (χ1v) is 7.33. The summed E-state index contributed by atoms with van der Waals surface area (Å²) in [5.41, 5.74) is 0. The molecule has 0 aliphatic heterocycles. The van der Waals surface area contributed by atoms with Crippen LogP contribution in [-0.4, -0.2) is 24.2 Å². The van der Waals surface area contributed by atoms with Gasteiger partial charge in [-0.25, -0.2) is 9.78 Å². The van der Waals surface area contributed by atoms with Crippen molar-refractivity contribution in [3.63, 3.8) is 0 Å². The summed E-state index contributed by atoms with van der Waals surface area (Å²) in [5.74, 6) is 0.654. The van der Waals surface area contributed by atoms with Gasteiger partial charge < -0.3 is 10.1 Å². The third-order valence-electron chi connectivity index (χ3n) is 2.35. The summed E-state index contributed by atoms with van der Waals surface area (Å²) in [6.07, 6.45) is 2.33. The zero-order valence-corrected chi connectivity index (χ0v) is 12.2. The highest BCUT2D eigenvalue weighted by Crippen LogP contribution is 2.22. The third kappa shape index (κ3) is 4.71. The second-order valence-electron chi connectivity index (χ2n) is 3.85. The number of urea groups is 1. The van der Waals surface area contributed by atoms with Gasteiger partial charge in [0.2, 0.25) is 0 Å². The molecule has 1 aromatic carbocycles.